The van der Waals surface area contributed by atoms with Gasteiger partial charge in [0.25, 0.3) is 0 Å². The van der Waals surface area contributed by atoms with Crippen molar-refractivity contribution in [2.24, 2.45) is 5.92 Å². The lowest BCUT2D eigenvalue weighted by Crippen LogP contribution is -2.31. The highest BCUT2D eigenvalue weighted by molar-refractivity contribution is 5.80. The Hall–Kier alpha value is -1.55. The van der Waals surface area contributed by atoms with Gasteiger partial charge in [0.1, 0.15) is 0 Å². The Balaban J connectivity index is 1.45. The molecule has 4 nitrogen and oxygen atoms in total. The number of carbonyl (C=O) groups is 1. The summed E-state index contributed by atoms with van der Waals surface area (Å²) in [7, 11) is 0. The van der Waals surface area contributed by atoms with Crippen LogP contribution in [0.5, 0.6) is 0 Å². The van der Waals surface area contributed by atoms with Crippen molar-refractivity contribution in [2.45, 2.75) is 19.3 Å². The molecule has 2 rings (SSSR count). The molecule has 0 atom stereocenters. The van der Waals surface area contributed by atoms with Crippen LogP contribution in [-0.2, 0) is 9.53 Å². The zero-order valence-corrected chi connectivity index (χ0v) is 11.2. The van der Waals surface area contributed by atoms with Gasteiger partial charge in [0.15, 0.2) is 0 Å². The minimum atomic E-state index is 0.0195. The third kappa shape index (κ3) is 6.25. The third-order valence-corrected chi connectivity index (χ3v) is 3.06. The van der Waals surface area contributed by atoms with E-state index in [1.807, 2.05) is 30.3 Å². The molecule has 2 N–H and O–H groups in total. The molecule has 0 aromatic heterocycles. The van der Waals surface area contributed by atoms with Crippen LogP contribution in [0.15, 0.2) is 30.3 Å². The summed E-state index contributed by atoms with van der Waals surface area (Å²) in [5, 5.41) is 5.95. The Morgan fingerprint density at radius 2 is 2.05 bits per heavy atom. The fourth-order valence-corrected chi connectivity index (χ4v) is 1.74. The molecule has 1 saturated carbocycles. The smallest absolute Gasteiger partial charge is 0.239 e. The molecule has 1 aromatic rings. The van der Waals surface area contributed by atoms with Gasteiger partial charge in [0, 0.05) is 25.4 Å². The van der Waals surface area contributed by atoms with Crippen LogP contribution in [0.4, 0.5) is 5.69 Å². The maximum Gasteiger partial charge on any atom is 0.239 e. The van der Waals surface area contributed by atoms with E-state index in [1.54, 1.807) is 0 Å². The number of carbonyl (C=O) groups excluding carboxylic acids is 1. The van der Waals surface area contributed by atoms with E-state index < -0.39 is 0 Å². The lowest BCUT2D eigenvalue weighted by atomic mass is 10.3. The topological polar surface area (TPSA) is 50.4 Å². The van der Waals surface area contributed by atoms with E-state index in [-0.39, 0.29) is 5.91 Å². The van der Waals surface area contributed by atoms with E-state index in [0.717, 1.165) is 31.2 Å². The quantitative estimate of drug-likeness (QED) is 0.670. The SMILES string of the molecule is O=C(CNc1ccccc1)NCCCOCC1CC1. The van der Waals surface area contributed by atoms with Crippen LogP contribution in [0.2, 0.25) is 0 Å². The van der Waals surface area contributed by atoms with Crippen molar-refractivity contribution in [2.75, 3.05) is 31.6 Å². The van der Waals surface area contributed by atoms with Crippen LogP contribution in [-0.4, -0.2) is 32.2 Å². The maximum absolute atomic E-state index is 11.6. The Kier molecular flexibility index (Phi) is 5.69. The summed E-state index contributed by atoms with van der Waals surface area (Å²) in [6.07, 6.45) is 3.52. The summed E-state index contributed by atoms with van der Waals surface area (Å²) in [4.78, 5) is 11.6. The monoisotopic (exact) mass is 262 g/mol. The molecule has 19 heavy (non-hydrogen) atoms. The summed E-state index contributed by atoms with van der Waals surface area (Å²) in [5.74, 6) is 0.829. The molecule has 1 aromatic carbocycles. The van der Waals surface area contributed by atoms with Gasteiger partial charge in [-0.25, -0.2) is 0 Å². The van der Waals surface area contributed by atoms with Crippen molar-refractivity contribution in [1.29, 1.82) is 0 Å². The number of nitrogens with one attached hydrogen (secondary N) is 2. The molecule has 0 bridgehead atoms. The van der Waals surface area contributed by atoms with Gasteiger partial charge in [-0.2, -0.15) is 0 Å². The molecule has 1 aliphatic rings. The number of ether oxygens (including phenoxy) is 1. The summed E-state index contributed by atoms with van der Waals surface area (Å²) in [5.41, 5.74) is 0.963. The van der Waals surface area contributed by atoms with Gasteiger partial charge in [-0.15, -0.1) is 0 Å². The number of hydrogen-bond donors (Lipinski definition) is 2. The molecule has 0 radical (unpaired) electrons. The molecule has 1 fully saturated rings. The maximum atomic E-state index is 11.6. The van der Waals surface area contributed by atoms with Crippen molar-refractivity contribution in [3.8, 4) is 0 Å². The van der Waals surface area contributed by atoms with Crippen LogP contribution in [0.25, 0.3) is 0 Å². The van der Waals surface area contributed by atoms with Gasteiger partial charge in [0.05, 0.1) is 6.54 Å². The van der Waals surface area contributed by atoms with Gasteiger partial charge >= 0.3 is 0 Å². The molecule has 1 aliphatic carbocycles. The number of rotatable bonds is 9. The zero-order chi connectivity index (χ0) is 13.3. The minimum Gasteiger partial charge on any atom is -0.381 e. The van der Waals surface area contributed by atoms with Crippen LogP contribution < -0.4 is 10.6 Å². The molecular weight excluding hydrogens is 240 g/mol. The highest BCUT2D eigenvalue weighted by Crippen LogP contribution is 2.28. The molecule has 0 aliphatic heterocycles. The molecule has 4 heteroatoms. The summed E-state index contributed by atoms with van der Waals surface area (Å²) >= 11 is 0. The number of hydrogen-bond acceptors (Lipinski definition) is 3. The standard InChI is InChI=1S/C15H22N2O2/c18-15(11-17-14-5-2-1-3-6-14)16-9-4-10-19-12-13-7-8-13/h1-3,5-6,13,17H,4,7-12H2,(H,16,18). The van der Waals surface area contributed by atoms with Gasteiger partial charge in [-0.05, 0) is 37.3 Å². The van der Waals surface area contributed by atoms with E-state index in [9.17, 15) is 4.79 Å². The second-order valence-corrected chi connectivity index (χ2v) is 4.94. The fourth-order valence-electron chi connectivity index (χ4n) is 1.74. The number of para-hydroxylation sites is 1. The average Bonchev–Trinajstić information content (AvgIpc) is 3.26. The summed E-state index contributed by atoms with van der Waals surface area (Å²) < 4.78 is 5.50. The second kappa shape index (κ2) is 7.79. The predicted molar refractivity (Wildman–Crippen MR) is 76.1 cm³/mol. The van der Waals surface area contributed by atoms with Gasteiger partial charge < -0.3 is 15.4 Å². The molecule has 0 unspecified atom stereocenters. The van der Waals surface area contributed by atoms with Crippen LogP contribution in [0.3, 0.4) is 0 Å². The minimum absolute atomic E-state index is 0.0195. The van der Waals surface area contributed by atoms with Crippen molar-refractivity contribution in [3.05, 3.63) is 30.3 Å². The Bertz CT molecular complexity index is 377. The van der Waals surface area contributed by atoms with E-state index in [0.29, 0.717) is 13.1 Å². The van der Waals surface area contributed by atoms with Crippen LogP contribution >= 0.6 is 0 Å². The van der Waals surface area contributed by atoms with E-state index in [4.69, 9.17) is 4.74 Å². The number of anilines is 1. The average molecular weight is 262 g/mol. The molecule has 0 saturated heterocycles. The molecule has 1 amide bonds. The molecule has 0 spiro atoms. The van der Waals surface area contributed by atoms with Crippen LogP contribution in [0, 0.1) is 5.92 Å². The normalized spacial score (nSPS) is 14.1. The molecule has 0 heterocycles. The Morgan fingerprint density at radius 1 is 1.26 bits per heavy atom. The van der Waals surface area contributed by atoms with Gasteiger partial charge in [-0.3, -0.25) is 4.79 Å². The zero-order valence-electron chi connectivity index (χ0n) is 11.2. The van der Waals surface area contributed by atoms with Crippen LogP contribution in [0.1, 0.15) is 19.3 Å². The van der Waals surface area contributed by atoms with E-state index in [1.165, 1.54) is 12.8 Å². The molecule has 104 valence electrons. The summed E-state index contributed by atoms with van der Waals surface area (Å²) in [6, 6.07) is 9.72. The van der Waals surface area contributed by atoms with E-state index >= 15 is 0 Å². The predicted octanol–water partition coefficient (Wildman–Crippen LogP) is 2.03. The highest BCUT2D eigenvalue weighted by atomic mass is 16.5. The first kappa shape index (κ1) is 13.9. The first-order valence-electron chi connectivity index (χ1n) is 6.98. The first-order chi connectivity index (χ1) is 9.34. The molecular formula is C15H22N2O2. The Morgan fingerprint density at radius 3 is 2.79 bits per heavy atom. The summed E-state index contributed by atoms with van der Waals surface area (Å²) in [6.45, 7) is 2.62. The van der Waals surface area contributed by atoms with Crippen molar-refractivity contribution >= 4 is 11.6 Å². The van der Waals surface area contributed by atoms with Gasteiger partial charge in [-0.1, -0.05) is 18.2 Å². The van der Waals surface area contributed by atoms with Crippen molar-refractivity contribution in [3.63, 3.8) is 0 Å². The number of amides is 1. The lowest BCUT2D eigenvalue weighted by Gasteiger charge is -2.08. The number of benzene rings is 1. The largest absolute Gasteiger partial charge is 0.381 e. The van der Waals surface area contributed by atoms with Crippen molar-refractivity contribution < 1.29 is 9.53 Å². The highest BCUT2D eigenvalue weighted by Gasteiger charge is 2.20. The fraction of sp³-hybridized carbons (Fsp3) is 0.533. The lowest BCUT2D eigenvalue weighted by molar-refractivity contribution is -0.119. The van der Waals surface area contributed by atoms with Crippen molar-refractivity contribution in [1.82, 2.24) is 5.32 Å². The third-order valence-electron chi connectivity index (χ3n) is 3.06. The Labute approximate surface area is 114 Å². The van der Waals surface area contributed by atoms with E-state index in [2.05, 4.69) is 10.6 Å². The van der Waals surface area contributed by atoms with Gasteiger partial charge in [0.2, 0.25) is 5.91 Å². The second-order valence-electron chi connectivity index (χ2n) is 4.94. The first-order valence-corrected chi connectivity index (χ1v) is 6.98.